The number of hydrogen-bond acceptors (Lipinski definition) is 4. The summed E-state index contributed by atoms with van der Waals surface area (Å²) in [6.45, 7) is 0. The number of nitrogens with one attached hydrogen (secondary N) is 2. The lowest BCUT2D eigenvalue weighted by Crippen LogP contribution is -2.18. The van der Waals surface area contributed by atoms with E-state index in [2.05, 4.69) is 45.4 Å². The summed E-state index contributed by atoms with van der Waals surface area (Å²) in [5.74, 6) is 0.912. The molecule has 0 radical (unpaired) electrons. The van der Waals surface area contributed by atoms with Gasteiger partial charge in [-0.2, -0.15) is 10.2 Å². The predicted molar refractivity (Wildman–Crippen MR) is 123 cm³/mol. The van der Waals surface area contributed by atoms with Crippen molar-refractivity contribution >= 4 is 24.2 Å². The van der Waals surface area contributed by atoms with Crippen molar-refractivity contribution < 1.29 is 9.59 Å². The van der Waals surface area contributed by atoms with Gasteiger partial charge in [0.05, 0.1) is 0 Å². The first-order valence-electron chi connectivity index (χ1n) is 11.7. The molecule has 0 saturated heterocycles. The highest BCUT2D eigenvalue weighted by molar-refractivity contribution is 5.77. The van der Waals surface area contributed by atoms with Crippen LogP contribution >= 0.6 is 0 Å². The molecule has 2 aliphatic carbocycles. The van der Waals surface area contributed by atoms with Gasteiger partial charge in [0.15, 0.2) is 0 Å². The van der Waals surface area contributed by atoms with E-state index >= 15 is 0 Å². The van der Waals surface area contributed by atoms with E-state index in [0.717, 1.165) is 77.0 Å². The first kappa shape index (κ1) is 24.0. The first-order valence-corrected chi connectivity index (χ1v) is 11.7. The van der Waals surface area contributed by atoms with Crippen molar-refractivity contribution in [3.05, 3.63) is 24.3 Å². The van der Waals surface area contributed by atoms with Crippen LogP contribution in [0.1, 0.15) is 89.9 Å². The molecule has 0 heterocycles. The van der Waals surface area contributed by atoms with Gasteiger partial charge in [0.25, 0.3) is 0 Å². The molecular formula is C24H38N4O2. The predicted octanol–water partition coefficient (Wildman–Crippen LogP) is 5.02. The third-order valence-electron chi connectivity index (χ3n) is 5.63. The quantitative estimate of drug-likeness (QED) is 0.192. The number of carbonyl (C=O) groups is 2. The zero-order valence-electron chi connectivity index (χ0n) is 18.2. The fraction of sp³-hybridized carbons (Fsp3) is 0.667. The zero-order valence-corrected chi connectivity index (χ0v) is 18.2. The van der Waals surface area contributed by atoms with Crippen LogP contribution in [0.3, 0.4) is 0 Å². The van der Waals surface area contributed by atoms with Crippen LogP contribution in [0.2, 0.25) is 0 Å². The number of nitrogens with zero attached hydrogens (tertiary/aromatic N) is 2. The van der Waals surface area contributed by atoms with Gasteiger partial charge in [0.1, 0.15) is 0 Å². The smallest absolute Gasteiger partial charge is 0.240 e. The molecule has 30 heavy (non-hydrogen) atoms. The van der Waals surface area contributed by atoms with Gasteiger partial charge in [-0.3, -0.25) is 9.59 Å². The minimum atomic E-state index is -0.000855. The monoisotopic (exact) mass is 414 g/mol. The maximum Gasteiger partial charge on any atom is 0.240 e. The Bertz CT molecular complexity index is 571. The number of unbranched alkanes of at least 4 members (excludes halogenated alkanes) is 5. The summed E-state index contributed by atoms with van der Waals surface area (Å²) in [5, 5.41) is 8.18. The van der Waals surface area contributed by atoms with E-state index in [4.69, 9.17) is 0 Å². The minimum absolute atomic E-state index is 0.000855. The number of allylic oxidation sites excluding steroid dienone is 4. The molecule has 2 rings (SSSR count). The Hall–Kier alpha value is -2.24. The van der Waals surface area contributed by atoms with Crippen LogP contribution in [0.4, 0.5) is 0 Å². The molecule has 0 bridgehead atoms. The highest BCUT2D eigenvalue weighted by Crippen LogP contribution is 2.16. The van der Waals surface area contributed by atoms with Crippen LogP contribution in [0.5, 0.6) is 0 Å². The van der Waals surface area contributed by atoms with Crippen molar-refractivity contribution in [1.29, 1.82) is 0 Å². The van der Waals surface area contributed by atoms with Crippen LogP contribution in [-0.2, 0) is 9.59 Å². The summed E-state index contributed by atoms with van der Waals surface area (Å²) in [6, 6.07) is 0. The second-order valence-electron chi connectivity index (χ2n) is 8.34. The molecule has 0 spiro atoms. The van der Waals surface area contributed by atoms with Crippen LogP contribution in [-0.4, -0.2) is 24.2 Å². The normalized spacial score (nSPS) is 21.3. The molecule has 0 unspecified atom stereocenters. The fourth-order valence-electron chi connectivity index (χ4n) is 3.72. The van der Waals surface area contributed by atoms with E-state index in [9.17, 15) is 9.59 Å². The van der Waals surface area contributed by atoms with Gasteiger partial charge in [-0.25, -0.2) is 10.9 Å². The molecule has 0 aromatic rings. The third kappa shape index (κ3) is 11.7. The first-order chi connectivity index (χ1) is 14.7. The summed E-state index contributed by atoms with van der Waals surface area (Å²) < 4.78 is 0. The molecule has 0 aromatic carbocycles. The molecule has 2 aliphatic rings. The molecule has 0 aliphatic heterocycles. The molecular weight excluding hydrogens is 376 g/mol. The van der Waals surface area contributed by atoms with Gasteiger partial charge < -0.3 is 0 Å². The van der Waals surface area contributed by atoms with Crippen molar-refractivity contribution in [1.82, 2.24) is 10.9 Å². The number of carbonyl (C=O) groups excluding carboxylic acids is 2. The maximum atomic E-state index is 11.8. The SMILES string of the molecule is O=C(CCCCCCCCC(=O)N/N=C\[C@@H]1CC=CCC1)N/N=C\[C@@H]1CC=CCC1. The molecule has 166 valence electrons. The lowest BCUT2D eigenvalue weighted by atomic mass is 9.96. The van der Waals surface area contributed by atoms with Gasteiger partial charge in [-0.1, -0.05) is 50.0 Å². The summed E-state index contributed by atoms with van der Waals surface area (Å²) in [5.41, 5.74) is 5.28. The van der Waals surface area contributed by atoms with Crippen molar-refractivity contribution in [2.75, 3.05) is 0 Å². The van der Waals surface area contributed by atoms with Crippen LogP contribution < -0.4 is 10.9 Å². The van der Waals surface area contributed by atoms with Gasteiger partial charge in [-0.05, 0) is 63.2 Å². The maximum absolute atomic E-state index is 11.8. The highest BCUT2D eigenvalue weighted by Gasteiger charge is 2.08. The van der Waals surface area contributed by atoms with Crippen LogP contribution in [0.15, 0.2) is 34.5 Å². The average Bonchev–Trinajstić information content (AvgIpc) is 2.77. The number of rotatable bonds is 13. The summed E-state index contributed by atoms with van der Waals surface area (Å²) in [7, 11) is 0. The number of amides is 2. The van der Waals surface area contributed by atoms with E-state index in [-0.39, 0.29) is 11.8 Å². The van der Waals surface area contributed by atoms with E-state index < -0.39 is 0 Å². The standard InChI is InChI=1S/C24H38N4O2/c29-23(27-25-19-21-13-7-5-8-14-21)17-11-3-1-2-4-12-18-24(30)28-26-20-22-15-9-6-10-16-22/h5-7,9,19-22H,1-4,8,10-18H2,(H,27,29)(H,28,30)/b25-19-,26-20-/t21-,22-/m1/s1. The Balaban J connectivity index is 1.37. The fourth-order valence-corrected chi connectivity index (χ4v) is 3.72. The molecule has 0 aromatic heterocycles. The number of hydrazone groups is 2. The van der Waals surface area contributed by atoms with Crippen LogP contribution in [0.25, 0.3) is 0 Å². The van der Waals surface area contributed by atoms with E-state index in [0.29, 0.717) is 24.7 Å². The highest BCUT2D eigenvalue weighted by atomic mass is 16.2. The second kappa shape index (κ2) is 15.6. The zero-order chi connectivity index (χ0) is 21.3. The molecule has 0 saturated carbocycles. The van der Waals surface area contributed by atoms with Crippen LogP contribution in [0, 0.1) is 11.8 Å². The Labute approximate surface area is 181 Å². The Kier molecular flexibility index (Phi) is 12.5. The van der Waals surface area contributed by atoms with E-state index in [1.165, 1.54) is 0 Å². The largest absolute Gasteiger partial charge is 0.273 e. The lowest BCUT2D eigenvalue weighted by molar-refractivity contribution is -0.122. The van der Waals surface area contributed by atoms with Crippen molar-refractivity contribution in [3.63, 3.8) is 0 Å². The average molecular weight is 415 g/mol. The Morgan fingerprint density at radius 1 is 0.700 bits per heavy atom. The molecule has 2 atom stereocenters. The molecule has 2 amide bonds. The van der Waals surface area contributed by atoms with E-state index in [1.807, 2.05) is 12.4 Å². The topological polar surface area (TPSA) is 82.9 Å². The van der Waals surface area contributed by atoms with Crippen molar-refractivity contribution in [3.8, 4) is 0 Å². The number of hydrogen-bond donors (Lipinski definition) is 2. The molecule has 2 N–H and O–H groups in total. The molecule has 6 nitrogen and oxygen atoms in total. The van der Waals surface area contributed by atoms with E-state index in [1.54, 1.807) is 0 Å². The third-order valence-corrected chi connectivity index (χ3v) is 5.63. The van der Waals surface area contributed by atoms with Crippen molar-refractivity contribution in [2.45, 2.75) is 89.9 Å². The second-order valence-corrected chi connectivity index (χ2v) is 8.34. The van der Waals surface area contributed by atoms with Crippen molar-refractivity contribution in [2.24, 2.45) is 22.0 Å². The molecule has 6 heteroatoms. The Morgan fingerprint density at radius 3 is 1.53 bits per heavy atom. The summed E-state index contributed by atoms with van der Waals surface area (Å²) in [4.78, 5) is 23.6. The van der Waals surface area contributed by atoms with Gasteiger partial charge in [0, 0.05) is 25.3 Å². The summed E-state index contributed by atoms with van der Waals surface area (Å²) in [6.07, 6.45) is 26.1. The van der Waals surface area contributed by atoms with Gasteiger partial charge in [-0.15, -0.1) is 0 Å². The van der Waals surface area contributed by atoms with Gasteiger partial charge >= 0.3 is 0 Å². The lowest BCUT2D eigenvalue weighted by Gasteiger charge is -2.11. The minimum Gasteiger partial charge on any atom is -0.273 e. The Morgan fingerprint density at radius 2 is 1.13 bits per heavy atom. The summed E-state index contributed by atoms with van der Waals surface area (Å²) >= 11 is 0. The molecule has 0 fully saturated rings. The van der Waals surface area contributed by atoms with Gasteiger partial charge in [0.2, 0.25) is 11.8 Å².